The summed E-state index contributed by atoms with van der Waals surface area (Å²) in [6.45, 7) is 0. The predicted octanol–water partition coefficient (Wildman–Crippen LogP) is -0.418. The van der Waals surface area contributed by atoms with Gasteiger partial charge in [0.25, 0.3) is 0 Å². The third-order valence-corrected chi connectivity index (χ3v) is 0.549. The molecule has 0 bridgehead atoms. The van der Waals surface area contributed by atoms with E-state index in [1.165, 1.54) is 0 Å². The van der Waals surface area contributed by atoms with Gasteiger partial charge in [-0.25, -0.2) is 4.79 Å². The molecule has 3 N–H and O–H groups in total. The van der Waals surface area contributed by atoms with Crippen molar-refractivity contribution in [1.29, 1.82) is 0 Å². The summed E-state index contributed by atoms with van der Waals surface area (Å²) in [4.78, 5) is 9.59. The summed E-state index contributed by atoms with van der Waals surface area (Å²) in [5, 5.41) is 9.90. The second-order valence-electron chi connectivity index (χ2n) is 0.725. The number of halogens is 1. The van der Waals surface area contributed by atoms with Gasteiger partial charge < -0.3 is 10.9 Å². The van der Waals surface area contributed by atoms with E-state index in [0.29, 0.717) is 0 Å². The molecule has 0 amide bonds. The van der Waals surface area contributed by atoms with Crippen molar-refractivity contribution in [2.45, 2.75) is 0 Å². The monoisotopic (exact) mass is 122 g/mol. The summed E-state index contributed by atoms with van der Waals surface area (Å²) in [6.07, 6.45) is 0. The van der Waals surface area contributed by atoms with Gasteiger partial charge >= 0.3 is 5.97 Å². The highest BCUT2D eigenvalue weighted by Crippen LogP contribution is 1.79. The van der Waals surface area contributed by atoms with Gasteiger partial charge in [-0.05, 0) is 0 Å². The van der Waals surface area contributed by atoms with Gasteiger partial charge in [0.05, 0.1) is 0 Å². The Labute approximate surface area is 44.6 Å². The SMILES string of the molecule is N/N=C(/Cl)C(=O)O. The highest BCUT2D eigenvalue weighted by atomic mass is 35.5. The number of hydrazone groups is 1. The lowest BCUT2D eigenvalue weighted by atomic mass is 10.8. The van der Waals surface area contributed by atoms with Crippen molar-refractivity contribution in [3.8, 4) is 0 Å². The summed E-state index contributed by atoms with van der Waals surface area (Å²) in [7, 11) is 0. The van der Waals surface area contributed by atoms with Crippen LogP contribution >= 0.6 is 11.6 Å². The van der Waals surface area contributed by atoms with Gasteiger partial charge in [0.2, 0.25) is 5.17 Å². The molecule has 0 spiro atoms. The molecule has 0 atom stereocenters. The van der Waals surface area contributed by atoms with Crippen molar-refractivity contribution < 1.29 is 9.90 Å². The first-order chi connectivity index (χ1) is 3.18. The van der Waals surface area contributed by atoms with E-state index in [0.717, 1.165) is 0 Å². The average Bonchev–Trinajstić information content (AvgIpc) is 1.65. The molecule has 0 aliphatic rings. The molecule has 0 fully saturated rings. The van der Waals surface area contributed by atoms with Gasteiger partial charge in [0.1, 0.15) is 0 Å². The molecular formula is C2H3ClN2O2. The molecule has 0 saturated heterocycles. The van der Waals surface area contributed by atoms with Crippen LogP contribution in [0, 0.1) is 0 Å². The molecule has 4 nitrogen and oxygen atoms in total. The zero-order valence-electron chi connectivity index (χ0n) is 3.26. The number of carbonyl (C=O) groups is 1. The van der Waals surface area contributed by atoms with Crippen LogP contribution in [0.2, 0.25) is 0 Å². The Morgan fingerprint density at radius 1 is 1.86 bits per heavy atom. The fourth-order valence-electron chi connectivity index (χ4n) is 0.0552. The number of hydrogen-bond donors (Lipinski definition) is 2. The summed E-state index contributed by atoms with van der Waals surface area (Å²) in [6, 6.07) is 0. The Kier molecular flexibility index (Phi) is 2.15. The van der Waals surface area contributed by atoms with Crippen LogP contribution in [-0.4, -0.2) is 16.2 Å². The van der Waals surface area contributed by atoms with Gasteiger partial charge in [-0.3, -0.25) is 0 Å². The molecule has 0 aliphatic carbocycles. The molecule has 0 aromatic rings. The number of nitrogens with zero attached hydrogens (tertiary/aromatic N) is 1. The fourth-order valence-corrected chi connectivity index (χ4v) is 0.0552. The van der Waals surface area contributed by atoms with E-state index >= 15 is 0 Å². The van der Waals surface area contributed by atoms with E-state index < -0.39 is 11.1 Å². The van der Waals surface area contributed by atoms with Crippen LogP contribution in [0.25, 0.3) is 0 Å². The molecule has 0 aromatic heterocycles. The minimum Gasteiger partial charge on any atom is -0.476 e. The van der Waals surface area contributed by atoms with E-state index in [9.17, 15) is 4.79 Å². The maximum atomic E-state index is 9.59. The average molecular weight is 123 g/mol. The van der Waals surface area contributed by atoms with Crippen molar-refractivity contribution in [3.63, 3.8) is 0 Å². The maximum absolute atomic E-state index is 9.59. The molecular weight excluding hydrogens is 119 g/mol. The van der Waals surface area contributed by atoms with Crippen LogP contribution < -0.4 is 5.84 Å². The summed E-state index contributed by atoms with van der Waals surface area (Å²) < 4.78 is 0. The predicted molar refractivity (Wildman–Crippen MR) is 25.1 cm³/mol. The first kappa shape index (κ1) is 6.23. The van der Waals surface area contributed by atoms with Crippen LogP contribution in [0.3, 0.4) is 0 Å². The topological polar surface area (TPSA) is 75.7 Å². The van der Waals surface area contributed by atoms with Gasteiger partial charge in [-0.1, -0.05) is 11.6 Å². The molecule has 0 saturated carbocycles. The van der Waals surface area contributed by atoms with Crippen molar-refractivity contribution in [2.24, 2.45) is 10.9 Å². The molecule has 0 unspecified atom stereocenters. The van der Waals surface area contributed by atoms with Crippen LogP contribution in [0.4, 0.5) is 0 Å². The minimum atomic E-state index is -1.32. The summed E-state index contributed by atoms with van der Waals surface area (Å²) in [5.74, 6) is 3.13. The fraction of sp³-hybridized carbons (Fsp3) is 0. The molecule has 40 valence electrons. The second kappa shape index (κ2) is 2.41. The van der Waals surface area contributed by atoms with Gasteiger partial charge in [-0.15, -0.1) is 0 Å². The van der Waals surface area contributed by atoms with E-state index in [4.69, 9.17) is 16.7 Å². The van der Waals surface area contributed by atoms with Crippen LogP contribution in [0.15, 0.2) is 5.10 Å². The van der Waals surface area contributed by atoms with Gasteiger partial charge in [0.15, 0.2) is 0 Å². The van der Waals surface area contributed by atoms with Crippen molar-refractivity contribution in [1.82, 2.24) is 0 Å². The second-order valence-corrected chi connectivity index (χ2v) is 1.08. The summed E-state index contributed by atoms with van der Waals surface area (Å²) in [5.41, 5.74) is 0. The molecule has 0 radical (unpaired) electrons. The molecule has 0 aromatic carbocycles. The Morgan fingerprint density at radius 3 is 2.29 bits per heavy atom. The first-order valence-corrected chi connectivity index (χ1v) is 1.73. The van der Waals surface area contributed by atoms with Crippen molar-refractivity contribution in [3.05, 3.63) is 0 Å². The third kappa shape index (κ3) is 1.99. The van der Waals surface area contributed by atoms with Gasteiger partial charge in [-0.2, -0.15) is 5.10 Å². The number of carboxylic acid groups (broad SMARTS) is 1. The zero-order valence-corrected chi connectivity index (χ0v) is 4.01. The Bertz CT molecular complexity index is 110. The lowest BCUT2D eigenvalue weighted by molar-refractivity contribution is -0.129. The third-order valence-electron chi connectivity index (χ3n) is 0.290. The Morgan fingerprint density at radius 2 is 2.29 bits per heavy atom. The Hall–Kier alpha value is -0.770. The van der Waals surface area contributed by atoms with E-state index in [-0.39, 0.29) is 0 Å². The van der Waals surface area contributed by atoms with Crippen molar-refractivity contribution in [2.75, 3.05) is 0 Å². The summed E-state index contributed by atoms with van der Waals surface area (Å²) >= 11 is 4.83. The van der Waals surface area contributed by atoms with Crippen molar-refractivity contribution >= 4 is 22.7 Å². The number of rotatable bonds is 1. The molecule has 0 aliphatic heterocycles. The van der Waals surface area contributed by atoms with Crippen LogP contribution in [-0.2, 0) is 4.79 Å². The van der Waals surface area contributed by atoms with E-state index in [1.807, 2.05) is 0 Å². The first-order valence-electron chi connectivity index (χ1n) is 1.35. The molecule has 5 heteroatoms. The smallest absolute Gasteiger partial charge is 0.368 e. The van der Waals surface area contributed by atoms with Crippen LogP contribution in [0.1, 0.15) is 0 Å². The zero-order chi connectivity index (χ0) is 5.86. The number of nitrogens with two attached hydrogens (primary N) is 1. The largest absolute Gasteiger partial charge is 0.476 e. The Balaban J connectivity index is 3.82. The molecule has 0 rings (SSSR count). The lowest BCUT2D eigenvalue weighted by Gasteiger charge is -1.79. The normalized spacial score (nSPS) is 11.3. The minimum absolute atomic E-state index is 0.611. The molecule has 7 heavy (non-hydrogen) atoms. The van der Waals surface area contributed by atoms with E-state index in [2.05, 4.69) is 10.9 Å². The maximum Gasteiger partial charge on any atom is 0.368 e. The molecule has 0 heterocycles. The van der Waals surface area contributed by atoms with E-state index in [1.54, 1.807) is 0 Å². The standard InChI is InChI=1S/C2H3ClN2O2/c3-1(5-4)2(6)7/h4H2,(H,6,7)/b5-1+. The number of aliphatic carboxylic acids is 1. The highest BCUT2D eigenvalue weighted by molar-refractivity contribution is 6.81. The number of hydrogen-bond acceptors (Lipinski definition) is 3. The number of carboxylic acids is 1. The quantitative estimate of drug-likeness (QED) is 0.282. The van der Waals surface area contributed by atoms with Crippen LogP contribution in [0.5, 0.6) is 0 Å². The highest BCUT2D eigenvalue weighted by Gasteiger charge is 2.00. The lowest BCUT2D eigenvalue weighted by Crippen LogP contribution is -2.06. The van der Waals surface area contributed by atoms with Gasteiger partial charge in [0, 0.05) is 0 Å².